The molecule has 0 aliphatic carbocycles. The van der Waals surface area contributed by atoms with Crippen LogP contribution in [0.3, 0.4) is 0 Å². The molecular formula is C46H59N6OP3Rh. The summed E-state index contributed by atoms with van der Waals surface area (Å²) in [6.07, 6.45) is 0. The quantitative estimate of drug-likeness (QED) is 0.0337. The van der Waals surface area contributed by atoms with Gasteiger partial charge in [-0.25, -0.2) is 0 Å². The number of nitrogens with two attached hydrogens (primary N) is 3. The minimum atomic E-state index is -0.360. The maximum Gasteiger partial charge on any atom is 0.106 e. The number of hydrazine groups is 3. The van der Waals surface area contributed by atoms with Gasteiger partial charge in [0.1, 0.15) is 6.79 Å². The first kappa shape index (κ1) is 49.8. The minimum absolute atomic E-state index is 0. The smallest absolute Gasteiger partial charge is 0.106 e. The molecule has 11 heteroatoms. The predicted octanol–water partition coefficient (Wildman–Crippen LogP) is 5.73. The third kappa shape index (κ3) is 16.8. The fourth-order valence-corrected chi connectivity index (χ4v) is 14.1. The summed E-state index contributed by atoms with van der Waals surface area (Å²) in [7, 11) is -1.08. The van der Waals surface area contributed by atoms with E-state index < -0.39 is 0 Å². The Balaban J connectivity index is 0.000000286. The molecule has 0 saturated heterocycles. The molecule has 3 unspecified atom stereocenters. The summed E-state index contributed by atoms with van der Waals surface area (Å²) in [6, 6.07) is 64.2. The van der Waals surface area contributed by atoms with Crippen molar-refractivity contribution < 1.29 is 24.3 Å². The molecule has 57 heavy (non-hydrogen) atoms. The second-order valence-electron chi connectivity index (χ2n) is 12.9. The fourth-order valence-electron chi connectivity index (χ4n) is 6.29. The van der Waals surface area contributed by atoms with E-state index in [-0.39, 0.29) is 43.2 Å². The van der Waals surface area contributed by atoms with Gasteiger partial charge in [-0.15, -0.1) is 0 Å². The van der Waals surface area contributed by atoms with Crippen molar-refractivity contribution in [3.8, 4) is 0 Å². The molecule has 1 radical (unpaired) electrons. The van der Waals surface area contributed by atoms with Crippen LogP contribution in [0.2, 0.25) is 0 Å². The van der Waals surface area contributed by atoms with E-state index in [4.69, 9.17) is 22.3 Å². The van der Waals surface area contributed by atoms with E-state index in [2.05, 4.69) is 219 Å². The van der Waals surface area contributed by atoms with Crippen LogP contribution in [0.4, 0.5) is 0 Å². The SMILES string of the molecule is C=O.CC(CNN)P(c1ccccc1)c1ccccc1.CC(CNN)P(c1ccccc1)c1ccccc1.CC(CNN)P(c1ccccc1)c1ccccc1.[Rh]. The van der Waals surface area contributed by atoms with E-state index >= 15 is 0 Å². The van der Waals surface area contributed by atoms with Crippen LogP contribution in [-0.4, -0.2) is 43.4 Å². The van der Waals surface area contributed by atoms with Crippen LogP contribution in [0.15, 0.2) is 182 Å². The van der Waals surface area contributed by atoms with Crippen molar-refractivity contribution in [2.45, 2.75) is 37.7 Å². The number of carbonyl (C=O) groups is 1. The Morgan fingerprint density at radius 2 is 0.509 bits per heavy atom. The zero-order valence-electron chi connectivity index (χ0n) is 33.2. The van der Waals surface area contributed by atoms with Gasteiger partial charge in [0, 0.05) is 39.1 Å². The summed E-state index contributed by atoms with van der Waals surface area (Å²) in [4.78, 5) is 8.00. The summed E-state index contributed by atoms with van der Waals surface area (Å²) in [6.45, 7) is 11.3. The summed E-state index contributed by atoms with van der Waals surface area (Å²) < 4.78 is 0. The average molecular weight is 908 g/mol. The molecule has 9 N–H and O–H groups in total. The van der Waals surface area contributed by atoms with Crippen LogP contribution in [-0.2, 0) is 24.3 Å². The molecule has 0 bridgehead atoms. The van der Waals surface area contributed by atoms with Crippen LogP contribution in [0.1, 0.15) is 20.8 Å². The van der Waals surface area contributed by atoms with Gasteiger partial charge < -0.3 is 4.79 Å². The third-order valence-electron chi connectivity index (χ3n) is 8.77. The van der Waals surface area contributed by atoms with Crippen molar-refractivity contribution in [1.82, 2.24) is 16.3 Å². The molecule has 6 aromatic rings. The van der Waals surface area contributed by atoms with Gasteiger partial charge in [0.05, 0.1) is 0 Å². The summed E-state index contributed by atoms with van der Waals surface area (Å²) >= 11 is 0. The van der Waals surface area contributed by atoms with Crippen LogP contribution in [0.5, 0.6) is 0 Å². The summed E-state index contributed by atoms with van der Waals surface area (Å²) in [5, 5.41) is 8.42. The van der Waals surface area contributed by atoms with Gasteiger partial charge in [0.25, 0.3) is 0 Å². The predicted molar refractivity (Wildman–Crippen MR) is 249 cm³/mol. The average Bonchev–Trinajstić information content (AvgIpc) is 3.25. The fraction of sp³-hybridized carbons (Fsp3) is 0.196. The molecule has 0 aliphatic rings. The van der Waals surface area contributed by atoms with Gasteiger partial charge in [0.2, 0.25) is 0 Å². The molecule has 303 valence electrons. The van der Waals surface area contributed by atoms with E-state index in [1.54, 1.807) is 0 Å². The van der Waals surface area contributed by atoms with Crippen molar-refractivity contribution >= 4 is 62.4 Å². The second kappa shape index (κ2) is 29.8. The Labute approximate surface area is 358 Å². The monoisotopic (exact) mass is 907 g/mol. The molecule has 0 saturated carbocycles. The van der Waals surface area contributed by atoms with Gasteiger partial charge >= 0.3 is 0 Å². The minimum Gasteiger partial charge on any atom is -0.307 e. The first-order chi connectivity index (χ1) is 27.5. The van der Waals surface area contributed by atoms with E-state index in [1.165, 1.54) is 31.8 Å². The van der Waals surface area contributed by atoms with Crippen molar-refractivity contribution in [2.75, 3.05) is 19.6 Å². The normalized spacial score (nSPS) is 12.0. The van der Waals surface area contributed by atoms with Crippen LogP contribution >= 0.6 is 23.8 Å². The van der Waals surface area contributed by atoms with E-state index in [0.717, 1.165) is 19.6 Å². The van der Waals surface area contributed by atoms with Gasteiger partial charge in [-0.1, -0.05) is 203 Å². The van der Waals surface area contributed by atoms with Gasteiger partial charge in [-0.2, -0.15) is 0 Å². The number of carbonyl (C=O) groups excluding carboxylic acids is 1. The Hall–Kier alpha value is -3.34. The number of nitrogens with one attached hydrogen (secondary N) is 3. The van der Waals surface area contributed by atoms with Crippen LogP contribution < -0.4 is 65.6 Å². The second-order valence-corrected chi connectivity index (χ2v) is 20.9. The van der Waals surface area contributed by atoms with Crippen LogP contribution in [0.25, 0.3) is 0 Å². The van der Waals surface area contributed by atoms with Crippen LogP contribution in [0, 0.1) is 0 Å². The Morgan fingerprint density at radius 3 is 0.632 bits per heavy atom. The molecule has 0 amide bonds. The van der Waals surface area contributed by atoms with Crippen molar-refractivity contribution in [3.05, 3.63) is 182 Å². The van der Waals surface area contributed by atoms with Crippen molar-refractivity contribution in [3.63, 3.8) is 0 Å². The molecule has 0 fully saturated rings. The van der Waals surface area contributed by atoms with Gasteiger partial charge in [-0.05, 0) is 72.6 Å². The molecule has 0 aliphatic heterocycles. The summed E-state index contributed by atoms with van der Waals surface area (Å²) in [5.74, 6) is 16.5. The zero-order chi connectivity index (χ0) is 40.4. The Kier molecular flexibility index (Phi) is 26.1. The molecule has 0 heterocycles. The Bertz CT molecular complexity index is 1500. The number of hydrogen-bond acceptors (Lipinski definition) is 7. The van der Waals surface area contributed by atoms with E-state index in [9.17, 15) is 0 Å². The molecule has 7 nitrogen and oxygen atoms in total. The molecule has 6 rings (SSSR count). The summed E-state index contributed by atoms with van der Waals surface area (Å²) in [5.41, 5.74) is 9.94. The molecular weight excluding hydrogens is 848 g/mol. The maximum absolute atomic E-state index is 8.00. The molecule has 6 aromatic carbocycles. The molecule has 3 atom stereocenters. The number of hydrogen-bond donors (Lipinski definition) is 6. The number of rotatable bonds is 15. The largest absolute Gasteiger partial charge is 0.307 e. The molecule has 0 aromatic heterocycles. The van der Waals surface area contributed by atoms with Gasteiger partial charge in [-0.3, -0.25) is 33.8 Å². The Morgan fingerprint density at radius 1 is 0.368 bits per heavy atom. The molecule has 0 spiro atoms. The zero-order valence-corrected chi connectivity index (χ0v) is 37.5. The maximum atomic E-state index is 8.00. The van der Waals surface area contributed by atoms with Crippen molar-refractivity contribution in [1.29, 1.82) is 0 Å². The van der Waals surface area contributed by atoms with E-state index in [0.29, 0.717) is 17.0 Å². The standard InChI is InChI=1S/3C15H19N2P.CH2O.Rh/c3*1-13(12-17-16)18(14-8-4-2-5-9-14)15-10-6-3-7-11-15;1-2;/h3*2-11,13,17H,12,16H2,1H3;1H2;. The van der Waals surface area contributed by atoms with Crippen molar-refractivity contribution in [2.24, 2.45) is 17.5 Å². The number of benzene rings is 6. The first-order valence-corrected chi connectivity index (χ1v) is 23.0. The third-order valence-corrected chi connectivity index (χ3v) is 17.1. The topological polar surface area (TPSA) is 131 Å². The first-order valence-electron chi connectivity index (χ1n) is 18.8. The van der Waals surface area contributed by atoms with E-state index in [1.807, 2.05) is 6.79 Å². The van der Waals surface area contributed by atoms with Gasteiger partial charge in [0.15, 0.2) is 0 Å².